The molecule has 0 radical (unpaired) electrons. The van der Waals surface area contributed by atoms with Crippen molar-refractivity contribution in [2.75, 3.05) is 20.2 Å². The van der Waals surface area contributed by atoms with E-state index in [1.54, 1.807) is 30.0 Å². The number of ether oxygens (including phenoxy) is 3. The Morgan fingerprint density at radius 2 is 1.83 bits per heavy atom. The van der Waals surface area contributed by atoms with Gasteiger partial charge in [-0.2, -0.15) is 0 Å². The SMILES string of the molecule is COc1cc(C(=O)OC(C)C(=O)N2CCCC2)ccc1OCc1ccccc1Cl. The number of carbonyl (C=O) groups excluding carboxylic acids is 2. The molecular formula is C22H24ClNO5. The average molecular weight is 418 g/mol. The molecule has 1 aliphatic rings. The predicted octanol–water partition coefficient (Wildman–Crippen LogP) is 4.10. The molecule has 154 valence electrons. The van der Waals surface area contributed by atoms with Crippen LogP contribution in [-0.2, 0) is 16.1 Å². The molecule has 2 aromatic carbocycles. The van der Waals surface area contributed by atoms with Gasteiger partial charge in [-0.1, -0.05) is 29.8 Å². The summed E-state index contributed by atoms with van der Waals surface area (Å²) in [6.07, 6.45) is 1.14. The molecule has 1 saturated heterocycles. The van der Waals surface area contributed by atoms with Gasteiger partial charge in [-0.3, -0.25) is 4.79 Å². The van der Waals surface area contributed by atoms with Gasteiger partial charge in [0.05, 0.1) is 12.7 Å². The van der Waals surface area contributed by atoms with Gasteiger partial charge in [0.2, 0.25) is 0 Å². The first-order chi connectivity index (χ1) is 14.0. The van der Waals surface area contributed by atoms with Crippen LogP contribution in [0.25, 0.3) is 0 Å². The largest absolute Gasteiger partial charge is 0.493 e. The molecule has 0 aromatic heterocycles. The second-order valence-electron chi connectivity index (χ2n) is 6.83. The number of amides is 1. The molecule has 29 heavy (non-hydrogen) atoms. The fourth-order valence-corrected chi connectivity index (χ4v) is 3.35. The molecule has 1 aliphatic heterocycles. The second kappa shape index (κ2) is 9.65. The van der Waals surface area contributed by atoms with E-state index in [0.29, 0.717) is 29.6 Å². The molecule has 1 fully saturated rings. The Hall–Kier alpha value is -2.73. The molecule has 1 heterocycles. The maximum atomic E-state index is 12.5. The standard InChI is InChI=1S/C22H24ClNO5/c1-15(21(25)24-11-5-6-12-24)29-22(26)16-9-10-19(20(13-16)27-2)28-14-17-7-3-4-8-18(17)23/h3-4,7-10,13,15H,5-6,11-12,14H2,1-2H3. The number of hydrogen-bond donors (Lipinski definition) is 0. The van der Waals surface area contributed by atoms with Crippen LogP contribution in [0.5, 0.6) is 11.5 Å². The van der Waals surface area contributed by atoms with Gasteiger partial charge in [-0.25, -0.2) is 4.79 Å². The summed E-state index contributed by atoms with van der Waals surface area (Å²) < 4.78 is 16.5. The Morgan fingerprint density at radius 3 is 2.52 bits per heavy atom. The lowest BCUT2D eigenvalue weighted by Gasteiger charge is -2.20. The molecule has 1 unspecified atom stereocenters. The zero-order valence-electron chi connectivity index (χ0n) is 16.5. The van der Waals surface area contributed by atoms with Crippen molar-refractivity contribution < 1.29 is 23.8 Å². The van der Waals surface area contributed by atoms with Gasteiger partial charge in [0, 0.05) is 23.7 Å². The molecule has 0 spiro atoms. The number of rotatable bonds is 7. The molecule has 6 nitrogen and oxygen atoms in total. The van der Waals surface area contributed by atoms with Crippen LogP contribution in [-0.4, -0.2) is 43.1 Å². The van der Waals surface area contributed by atoms with E-state index >= 15 is 0 Å². The summed E-state index contributed by atoms with van der Waals surface area (Å²) >= 11 is 6.15. The summed E-state index contributed by atoms with van der Waals surface area (Å²) in [5, 5.41) is 0.614. The predicted molar refractivity (Wildman–Crippen MR) is 109 cm³/mol. The van der Waals surface area contributed by atoms with Crippen LogP contribution < -0.4 is 9.47 Å². The Kier molecular flexibility index (Phi) is 6.99. The number of carbonyl (C=O) groups is 2. The van der Waals surface area contributed by atoms with Crippen molar-refractivity contribution in [2.45, 2.75) is 32.5 Å². The lowest BCUT2D eigenvalue weighted by molar-refractivity contribution is -0.138. The summed E-state index contributed by atoms with van der Waals surface area (Å²) in [4.78, 5) is 26.5. The van der Waals surface area contributed by atoms with Gasteiger partial charge < -0.3 is 19.1 Å². The van der Waals surface area contributed by atoms with Crippen molar-refractivity contribution in [1.29, 1.82) is 0 Å². The van der Waals surface area contributed by atoms with Crippen LogP contribution in [0, 0.1) is 0 Å². The van der Waals surface area contributed by atoms with Crippen molar-refractivity contribution in [3.63, 3.8) is 0 Å². The zero-order valence-corrected chi connectivity index (χ0v) is 17.3. The van der Waals surface area contributed by atoms with Crippen LogP contribution in [0.4, 0.5) is 0 Å². The maximum Gasteiger partial charge on any atom is 0.339 e. The summed E-state index contributed by atoms with van der Waals surface area (Å²) in [5.41, 5.74) is 1.13. The molecular weight excluding hydrogens is 394 g/mol. The van der Waals surface area contributed by atoms with Gasteiger partial charge in [0.15, 0.2) is 17.6 Å². The van der Waals surface area contributed by atoms with Crippen molar-refractivity contribution in [3.8, 4) is 11.5 Å². The Morgan fingerprint density at radius 1 is 1.10 bits per heavy atom. The topological polar surface area (TPSA) is 65.1 Å². The highest BCUT2D eigenvalue weighted by Crippen LogP contribution is 2.30. The maximum absolute atomic E-state index is 12.5. The highest BCUT2D eigenvalue weighted by Gasteiger charge is 2.26. The molecule has 7 heteroatoms. The van der Waals surface area contributed by atoms with Crippen molar-refractivity contribution in [1.82, 2.24) is 4.90 Å². The minimum Gasteiger partial charge on any atom is -0.493 e. The summed E-state index contributed by atoms with van der Waals surface area (Å²) in [6, 6.07) is 12.2. The van der Waals surface area contributed by atoms with Gasteiger partial charge in [-0.15, -0.1) is 0 Å². The Balaban J connectivity index is 1.65. The highest BCUT2D eigenvalue weighted by molar-refractivity contribution is 6.31. The fourth-order valence-electron chi connectivity index (χ4n) is 3.16. The fraction of sp³-hybridized carbons (Fsp3) is 0.364. The monoisotopic (exact) mass is 417 g/mol. The normalized spacial score (nSPS) is 14.4. The third kappa shape index (κ3) is 5.21. The zero-order chi connectivity index (χ0) is 20.8. The van der Waals surface area contributed by atoms with E-state index < -0.39 is 12.1 Å². The van der Waals surface area contributed by atoms with E-state index in [2.05, 4.69) is 0 Å². The van der Waals surface area contributed by atoms with Gasteiger partial charge in [-0.05, 0) is 44.0 Å². The molecule has 1 amide bonds. The van der Waals surface area contributed by atoms with E-state index in [-0.39, 0.29) is 18.1 Å². The van der Waals surface area contributed by atoms with E-state index in [1.165, 1.54) is 13.2 Å². The van der Waals surface area contributed by atoms with Crippen molar-refractivity contribution in [2.24, 2.45) is 0 Å². The third-order valence-corrected chi connectivity index (χ3v) is 5.16. The number of methoxy groups -OCH3 is 1. The third-order valence-electron chi connectivity index (χ3n) is 4.79. The smallest absolute Gasteiger partial charge is 0.339 e. The molecule has 0 bridgehead atoms. The number of hydrogen-bond acceptors (Lipinski definition) is 5. The molecule has 0 saturated carbocycles. The van der Waals surface area contributed by atoms with Crippen LogP contribution in [0.15, 0.2) is 42.5 Å². The quantitative estimate of drug-likeness (QED) is 0.635. The lowest BCUT2D eigenvalue weighted by Crippen LogP contribution is -2.38. The Labute approximate surface area is 175 Å². The van der Waals surface area contributed by atoms with E-state index in [1.807, 2.05) is 18.2 Å². The van der Waals surface area contributed by atoms with Crippen LogP contribution in [0.1, 0.15) is 35.7 Å². The number of benzene rings is 2. The van der Waals surface area contributed by atoms with Crippen LogP contribution in [0.3, 0.4) is 0 Å². The summed E-state index contributed by atoms with van der Waals surface area (Å²) in [7, 11) is 1.49. The molecule has 0 N–H and O–H groups in total. The number of esters is 1. The summed E-state index contributed by atoms with van der Waals surface area (Å²) in [6.45, 7) is 3.29. The van der Waals surface area contributed by atoms with E-state index in [4.69, 9.17) is 25.8 Å². The van der Waals surface area contributed by atoms with Crippen LogP contribution in [0.2, 0.25) is 5.02 Å². The number of nitrogens with zero attached hydrogens (tertiary/aromatic N) is 1. The molecule has 3 rings (SSSR count). The van der Waals surface area contributed by atoms with Crippen molar-refractivity contribution in [3.05, 3.63) is 58.6 Å². The van der Waals surface area contributed by atoms with E-state index in [0.717, 1.165) is 18.4 Å². The highest BCUT2D eigenvalue weighted by atomic mass is 35.5. The second-order valence-corrected chi connectivity index (χ2v) is 7.23. The van der Waals surface area contributed by atoms with Gasteiger partial charge >= 0.3 is 5.97 Å². The number of halogens is 1. The Bertz CT molecular complexity index is 879. The first-order valence-corrected chi connectivity index (χ1v) is 9.91. The average Bonchev–Trinajstić information content (AvgIpc) is 3.27. The first kappa shape index (κ1) is 21.0. The minimum atomic E-state index is -0.831. The molecule has 1 atom stereocenters. The lowest BCUT2D eigenvalue weighted by atomic mass is 10.2. The first-order valence-electron chi connectivity index (χ1n) is 9.53. The summed E-state index contributed by atoms with van der Waals surface area (Å²) in [5.74, 6) is 0.124. The number of likely N-dealkylation sites (tertiary alicyclic amines) is 1. The van der Waals surface area contributed by atoms with Gasteiger partial charge in [0.1, 0.15) is 6.61 Å². The molecule has 0 aliphatic carbocycles. The van der Waals surface area contributed by atoms with E-state index in [9.17, 15) is 9.59 Å². The van der Waals surface area contributed by atoms with Crippen LogP contribution >= 0.6 is 11.6 Å². The van der Waals surface area contributed by atoms with Crippen molar-refractivity contribution >= 4 is 23.5 Å². The minimum absolute atomic E-state index is 0.164. The molecule has 2 aromatic rings. The van der Waals surface area contributed by atoms with Gasteiger partial charge in [0.25, 0.3) is 5.91 Å².